The largest absolute Gasteiger partial charge is 3.00 e. The molecule has 0 fully saturated rings. The van der Waals surface area contributed by atoms with Crippen molar-refractivity contribution in [1.29, 1.82) is 0 Å². The molecule has 0 spiro atoms. The van der Waals surface area contributed by atoms with Crippen molar-refractivity contribution in [1.82, 2.24) is 0 Å². The number of hydrogen-bond acceptors (Lipinski definition) is 2. The second kappa shape index (κ2) is 10.7. The average molecular weight is 265 g/mol. The quantitative estimate of drug-likeness (QED) is 0.419. The Labute approximate surface area is 100 Å². The molecule has 2 nitrogen and oxygen atoms in total. The summed E-state index contributed by atoms with van der Waals surface area (Å²) in [7, 11) is 0. The first-order chi connectivity index (χ1) is 5.66. The maximum Gasteiger partial charge on any atom is 3.00 e. The Bertz CT molecular complexity index is 131. The number of halogens is 2. The monoisotopic (exact) mass is 264 g/mol. The van der Waals surface area contributed by atoms with E-state index in [1.165, 1.54) is 0 Å². The molecule has 0 aromatic rings. The average Bonchev–Trinajstić information content (AvgIpc) is 2.01. The third kappa shape index (κ3) is 12.6. The molecule has 0 atom stereocenters. The number of rotatable bonds is 6. The van der Waals surface area contributed by atoms with Crippen molar-refractivity contribution in [2.45, 2.75) is 37.4 Å². The molecule has 0 bridgehead atoms. The number of carbonyl (C=O) groups is 1. The topological polar surface area (TPSA) is 26.3 Å². The minimum absolute atomic E-state index is 0. The van der Waals surface area contributed by atoms with Gasteiger partial charge < -0.3 is 4.74 Å². The fourth-order valence-electron chi connectivity index (χ4n) is 0.747. The van der Waals surface area contributed by atoms with Crippen LogP contribution < -0.4 is 0 Å². The van der Waals surface area contributed by atoms with Gasteiger partial charge in [0.05, 0.1) is 0 Å². The minimum Gasteiger partial charge on any atom is -0.463 e. The summed E-state index contributed by atoms with van der Waals surface area (Å²) in [4.78, 5) is 10.3. The Morgan fingerprint density at radius 1 is 1.38 bits per heavy atom. The molecule has 0 rings (SSSR count). The molecular formula is C8H14Cl2CrO2+3. The first kappa shape index (κ1) is 16.0. The second-order valence-electron chi connectivity index (χ2n) is 2.53. The van der Waals surface area contributed by atoms with E-state index in [1.54, 1.807) is 0 Å². The second-order valence-corrected chi connectivity index (χ2v) is 3.81. The summed E-state index contributed by atoms with van der Waals surface area (Å²) in [6.45, 7) is 2.17. The van der Waals surface area contributed by atoms with E-state index in [4.69, 9.17) is 27.9 Å². The first-order valence-electron chi connectivity index (χ1n) is 4.10. The van der Waals surface area contributed by atoms with Gasteiger partial charge in [-0.15, -0.1) is 23.2 Å². The van der Waals surface area contributed by atoms with Crippen molar-refractivity contribution in [3.8, 4) is 0 Å². The molecule has 1 radical (unpaired) electrons. The zero-order valence-corrected chi connectivity index (χ0v) is 10.4. The van der Waals surface area contributed by atoms with E-state index in [0.717, 1.165) is 19.3 Å². The van der Waals surface area contributed by atoms with Crippen LogP contribution in [0.1, 0.15) is 32.6 Å². The SMILES string of the molecule is CCCCCC(=O)OCC(Cl)Cl.[Cr+3]. The summed E-state index contributed by atoms with van der Waals surface area (Å²) >= 11 is 10.7. The first-order valence-corrected chi connectivity index (χ1v) is 4.98. The van der Waals surface area contributed by atoms with Gasteiger partial charge in [-0.2, -0.15) is 0 Å². The zero-order valence-electron chi connectivity index (χ0n) is 7.59. The van der Waals surface area contributed by atoms with Gasteiger partial charge >= 0.3 is 23.3 Å². The van der Waals surface area contributed by atoms with Gasteiger partial charge in [-0.05, 0) is 6.42 Å². The molecule has 0 aromatic carbocycles. The molecule has 0 saturated carbocycles. The summed E-state index contributed by atoms with van der Waals surface area (Å²) in [5.41, 5.74) is 0. The maximum atomic E-state index is 10.9. The van der Waals surface area contributed by atoms with Gasteiger partial charge in [-0.3, -0.25) is 4.79 Å². The molecule has 5 heteroatoms. The summed E-state index contributed by atoms with van der Waals surface area (Å²) in [6, 6.07) is 0. The van der Waals surface area contributed by atoms with Crippen LogP contribution in [0, 0.1) is 0 Å². The third-order valence-corrected chi connectivity index (χ3v) is 1.61. The zero-order chi connectivity index (χ0) is 9.40. The van der Waals surface area contributed by atoms with Crippen LogP contribution in [0.5, 0.6) is 0 Å². The molecule has 0 aliphatic carbocycles. The van der Waals surface area contributed by atoms with E-state index >= 15 is 0 Å². The molecule has 0 unspecified atom stereocenters. The van der Waals surface area contributed by atoms with Crippen LogP contribution in [-0.2, 0) is 26.9 Å². The number of alkyl halides is 2. The Kier molecular flexibility index (Phi) is 13.1. The van der Waals surface area contributed by atoms with Crippen molar-refractivity contribution in [2.24, 2.45) is 0 Å². The van der Waals surface area contributed by atoms with Crippen molar-refractivity contribution in [3.05, 3.63) is 0 Å². The van der Waals surface area contributed by atoms with Gasteiger partial charge in [-0.1, -0.05) is 19.8 Å². The number of carbonyl (C=O) groups excluding carboxylic acids is 1. The van der Waals surface area contributed by atoms with E-state index < -0.39 is 4.84 Å². The Hall–Kier alpha value is 0.582. The van der Waals surface area contributed by atoms with Gasteiger partial charge in [0.1, 0.15) is 11.4 Å². The van der Waals surface area contributed by atoms with Crippen molar-refractivity contribution >= 4 is 29.2 Å². The number of ether oxygens (including phenoxy) is 1. The van der Waals surface area contributed by atoms with Crippen molar-refractivity contribution in [2.75, 3.05) is 6.61 Å². The van der Waals surface area contributed by atoms with Gasteiger partial charge in [0, 0.05) is 6.42 Å². The van der Waals surface area contributed by atoms with Crippen LogP contribution in [0.2, 0.25) is 0 Å². The normalized spacial score (nSPS) is 9.54. The van der Waals surface area contributed by atoms with Gasteiger partial charge in [0.2, 0.25) is 0 Å². The fraction of sp³-hybridized carbons (Fsp3) is 0.875. The van der Waals surface area contributed by atoms with Crippen LogP contribution in [0.3, 0.4) is 0 Å². The predicted octanol–water partition coefficient (Wildman–Crippen LogP) is 2.91. The van der Waals surface area contributed by atoms with Gasteiger partial charge in [0.25, 0.3) is 0 Å². The predicted molar refractivity (Wildman–Crippen MR) is 50.6 cm³/mol. The van der Waals surface area contributed by atoms with E-state index in [9.17, 15) is 4.79 Å². The molecular weight excluding hydrogens is 251 g/mol. The maximum absolute atomic E-state index is 10.9. The molecule has 0 aromatic heterocycles. The standard InChI is InChI=1S/C8H14Cl2O2.Cr/c1-2-3-4-5-8(11)12-6-7(9)10;/h7H,2-6H2,1H3;/q;+3. The molecule has 0 heterocycles. The minimum atomic E-state index is -0.611. The van der Waals surface area contributed by atoms with E-state index in [0.29, 0.717) is 6.42 Å². The Balaban J connectivity index is 0. The van der Waals surface area contributed by atoms with Crippen molar-refractivity contribution in [3.63, 3.8) is 0 Å². The van der Waals surface area contributed by atoms with E-state index in [-0.39, 0.29) is 29.9 Å². The van der Waals surface area contributed by atoms with Crippen LogP contribution in [0.15, 0.2) is 0 Å². The summed E-state index contributed by atoms with van der Waals surface area (Å²) in [6.07, 6.45) is 3.50. The molecule has 75 valence electrons. The fourth-order valence-corrected chi connectivity index (χ4v) is 0.873. The smallest absolute Gasteiger partial charge is 0.463 e. The summed E-state index contributed by atoms with van der Waals surface area (Å²) < 4.78 is 4.75. The van der Waals surface area contributed by atoms with Crippen LogP contribution in [0.4, 0.5) is 0 Å². The van der Waals surface area contributed by atoms with Gasteiger partial charge in [-0.25, -0.2) is 0 Å². The molecule has 0 aliphatic heterocycles. The molecule has 0 aliphatic rings. The number of unbranched alkanes of at least 4 members (excludes halogenated alkanes) is 2. The molecule has 13 heavy (non-hydrogen) atoms. The molecule has 0 amide bonds. The van der Waals surface area contributed by atoms with Gasteiger partial charge in [0.15, 0.2) is 0 Å². The van der Waals surface area contributed by atoms with Crippen LogP contribution in [0.25, 0.3) is 0 Å². The van der Waals surface area contributed by atoms with Crippen molar-refractivity contribution < 1.29 is 26.9 Å². The Morgan fingerprint density at radius 2 is 2.00 bits per heavy atom. The third-order valence-electron chi connectivity index (χ3n) is 1.35. The number of hydrogen-bond donors (Lipinski definition) is 0. The molecule has 0 saturated heterocycles. The molecule has 0 N–H and O–H groups in total. The van der Waals surface area contributed by atoms with E-state index in [1.807, 2.05) is 0 Å². The van der Waals surface area contributed by atoms with Crippen LogP contribution >= 0.6 is 23.2 Å². The Morgan fingerprint density at radius 3 is 2.46 bits per heavy atom. The number of esters is 1. The van der Waals surface area contributed by atoms with E-state index in [2.05, 4.69) is 6.92 Å². The summed E-state index contributed by atoms with van der Waals surface area (Å²) in [5, 5.41) is 0. The van der Waals surface area contributed by atoms with Crippen LogP contribution in [-0.4, -0.2) is 17.4 Å². The summed E-state index contributed by atoms with van der Waals surface area (Å²) in [5.74, 6) is -0.213.